The molecule has 1 atom stereocenters. The minimum absolute atomic E-state index is 0.0785. The second-order valence-corrected chi connectivity index (χ2v) is 5.32. The molecule has 2 aromatic rings. The van der Waals surface area contributed by atoms with Crippen LogP contribution >= 0.6 is 0 Å². The second kappa shape index (κ2) is 5.63. The molecule has 2 N–H and O–H groups in total. The molecule has 1 aliphatic rings. The highest BCUT2D eigenvalue weighted by molar-refractivity contribution is 5.27. The van der Waals surface area contributed by atoms with Crippen LogP contribution in [0, 0.1) is 12.8 Å². The Labute approximate surface area is 118 Å². The van der Waals surface area contributed by atoms with Crippen molar-refractivity contribution in [3.8, 4) is 5.75 Å². The summed E-state index contributed by atoms with van der Waals surface area (Å²) in [5, 5.41) is 3.95. The summed E-state index contributed by atoms with van der Waals surface area (Å²) < 4.78 is 10.9. The average Bonchev–Trinajstić information content (AvgIpc) is 3.18. The van der Waals surface area contributed by atoms with E-state index in [1.165, 1.54) is 18.4 Å². The lowest BCUT2D eigenvalue weighted by atomic mass is 10.2. The van der Waals surface area contributed by atoms with Crippen molar-refractivity contribution >= 4 is 0 Å². The lowest BCUT2D eigenvalue weighted by Crippen LogP contribution is -2.14. The minimum Gasteiger partial charge on any atom is -0.493 e. The van der Waals surface area contributed by atoms with E-state index in [2.05, 4.69) is 10.1 Å². The molecule has 0 spiro atoms. The van der Waals surface area contributed by atoms with Gasteiger partial charge >= 0.3 is 0 Å². The van der Waals surface area contributed by atoms with Crippen molar-refractivity contribution < 1.29 is 9.26 Å². The number of ether oxygens (including phenoxy) is 1. The monoisotopic (exact) mass is 273 g/mol. The van der Waals surface area contributed by atoms with Crippen molar-refractivity contribution in [3.63, 3.8) is 0 Å². The standard InChI is InChI=1S/C15H19N3O2/c1-10-3-2-4-12(9-10)19-8-7-13-17-15(18-20-13)14(16)11-5-6-11/h2-4,9,11,14H,5-8,16H2,1H3. The fourth-order valence-electron chi connectivity index (χ4n) is 2.13. The van der Waals surface area contributed by atoms with E-state index in [9.17, 15) is 0 Å². The SMILES string of the molecule is Cc1cccc(OCCc2nc(C(N)C3CC3)no2)c1. The Morgan fingerprint density at radius 1 is 1.45 bits per heavy atom. The molecule has 0 saturated heterocycles. The van der Waals surface area contributed by atoms with Gasteiger partial charge < -0.3 is 15.0 Å². The van der Waals surface area contributed by atoms with Gasteiger partial charge in [0.15, 0.2) is 5.82 Å². The first-order valence-corrected chi connectivity index (χ1v) is 7.00. The van der Waals surface area contributed by atoms with Gasteiger partial charge in [-0.15, -0.1) is 0 Å². The van der Waals surface area contributed by atoms with Crippen LogP contribution in [0.2, 0.25) is 0 Å². The van der Waals surface area contributed by atoms with Crippen LogP contribution < -0.4 is 10.5 Å². The Bertz CT molecular complexity index is 578. The summed E-state index contributed by atoms with van der Waals surface area (Å²) in [6.45, 7) is 2.56. The van der Waals surface area contributed by atoms with Crippen molar-refractivity contribution in [1.82, 2.24) is 10.1 Å². The molecule has 1 aromatic heterocycles. The first-order chi connectivity index (χ1) is 9.72. The molecule has 1 fully saturated rings. The van der Waals surface area contributed by atoms with Gasteiger partial charge in [-0.1, -0.05) is 17.3 Å². The quantitative estimate of drug-likeness (QED) is 0.874. The summed E-state index contributed by atoms with van der Waals surface area (Å²) in [7, 11) is 0. The number of benzene rings is 1. The van der Waals surface area contributed by atoms with Crippen molar-refractivity contribution in [2.24, 2.45) is 11.7 Å². The van der Waals surface area contributed by atoms with E-state index in [1.807, 2.05) is 31.2 Å². The van der Waals surface area contributed by atoms with E-state index >= 15 is 0 Å². The molecule has 1 heterocycles. The van der Waals surface area contributed by atoms with Gasteiger partial charge in [0.1, 0.15) is 5.75 Å². The average molecular weight is 273 g/mol. The Hall–Kier alpha value is -1.88. The van der Waals surface area contributed by atoms with Gasteiger partial charge in [-0.05, 0) is 43.4 Å². The lowest BCUT2D eigenvalue weighted by molar-refractivity contribution is 0.291. The fourth-order valence-corrected chi connectivity index (χ4v) is 2.13. The largest absolute Gasteiger partial charge is 0.493 e. The van der Waals surface area contributed by atoms with Crippen LogP contribution in [0.5, 0.6) is 5.75 Å². The highest BCUT2D eigenvalue weighted by atomic mass is 16.5. The lowest BCUT2D eigenvalue weighted by Gasteiger charge is -2.04. The number of hydrogen-bond donors (Lipinski definition) is 1. The van der Waals surface area contributed by atoms with Crippen LogP contribution in [-0.2, 0) is 6.42 Å². The van der Waals surface area contributed by atoms with Crippen LogP contribution in [0.4, 0.5) is 0 Å². The molecule has 106 valence electrons. The molecular weight excluding hydrogens is 254 g/mol. The second-order valence-electron chi connectivity index (χ2n) is 5.32. The highest BCUT2D eigenvalue weighted by Gasteiger charge is 2.32. The van der Waals surface area contributed by atoms with Gasteiger partial charge in [-0.2, -0.15) is 4.98 Å². The van der Waals surface area contributed by atoms with E-state index in [1.54, 1.807) is 0 Å². The molecule has 1 aromatic carbocycles. The summed E-state index contributed by atoms with van der Waals surface area (Å²) in [6, 6.07) is 7.88. The molecule has 5 heteroatoms. The maximum atomic E-state index is 6.03. The van der Waals surface area contributed by atoms with Crippen LogP contribution in [-0.4, -0.2) is 16.7 Å². The number of nitrogens with zero attached hydrogens (tertiary/aromatic N) is 2. The van der Waals surface area contributed by atoms with Crippen molar-refractivity contribution in [2.75, 3.05) is 6.61 Å². The first-order valence-electron chi connectivity index (χ1n) is 7.00. The highest BCUT2D eigenvalue weighted by Crippen LogP contribution is 2.38. The predicted octanol–water partition coefficient (Wildman–Crippen LogP) is 2.41. The summed E-state index contributed by atoms with van der Waals surface area (Å²) in [4.78, 5) is 4.34. The molecule has 3 rings (SSSR count). The smallest absolute Gasteiger partial charge is 0.230 e. The topological polar surface area (TPSA) is 74.2 Å². The van der Waals surface area contributed by atoms with Crippen LogP contribution in [0.3, 0.4) is 0 Å². The zero-order valence-electron chi connectivity index (χ0n) is 11.6. The van der Waals surface area contributed by atoms with Crippen molar-refractivity contribution in [1.29, 1.82) is 0 Å². The predicted molar refractivity (Wildman–Crippen MR) is 74.3 cm³/mol. The first kappa shape index (κ1) is 13.1. The number of aryl methyl sites for hydroxylation is 1. The van der Waals surface area contributed by atoms with Crippen LogP contribution in [0.25, 0.3) is 0 Å². The van der Waals surface area contributed by atoms with Crippen molar-refractivity contribution in [3.05, 3.63) is 41.5 Å². The molecule has 1 aliphatic carbocycles. The molecule has 0 bridgehead atoms. The summed E-state index contributed by atoms with van der Waals surface area (Å²) >= 11 is 0. The van der Waals surface area contributed by atoms with E-state index in [-0.39, 0.29) is 6.04 Å². The van der Waals surface area contributed by atoms with E-state index in [0.717, 1.165) is 5.75 Å². The van der Waals surface area contributed by atoms with Gasteiger partial charge in [0, 0.05) is 0 Å². The zero-order valence-corrected chi connectivity index (χ0v) is 11.6. The maximum Gasteiger partial charge on any atom is 0.230 e. The van der Waals surface area contributed by atoms with Gasteiger partial charge in [0.05, 0.1) is 19.1 Å². The molecule has 0 radical (unpaired) electrons. The Morgan fingerprint density at radius 2 is 2.30 bits per heavy atom. The molecule has 5 nitrogen and oxygen atoms in total. The van der Waals surface area contributed by atoms with Gasteiger partial charge in [-0.25, -0.2) is 0 Å². The summed E-state index contributed by atoms with van der Waals surface area (Å²) in [5.74, 6) is 2.60. The molecule has 1 unspecified atom stereocenters. The number of aromatic nitrogens is 2. The third-order valence-corrected chi connectivity index (χ3v) is 3.49. The minimum atomic E-state index is -0.0785. The van der Waals surface area contributed by atoms with Gasteiger partial charge in [-0.3, -0.25) is 0 Å². The zero-order chi connectivity index (χ0) is 13.9. The fraction of sp³-hybridized carbons (Fsp3) is 0.467. The number of hydrogen-bond acceptors (Lipinski definition) is 5. The number of rotatable bonds is 6. The van der Waals surface area contributed by atoms with E-state index in [4.69, 9.17) is 15.0 Å². The van der Waals surface area contributed by atoms with Crippen LogP contribution in [0.15, 0.2) is 28.8 Å². The number of nitrogens with two attached hydrogens (primary N) is 1. The van der Waals surface area contributed by atoms with Crippen molar-refractivity contribution in [2.45, 2.75) is 32.2 Å². The Morgan fingerprint density at radius 3 is 3.05 bits per heavy atom. The maximum absolute atomic E-state index is 6.03. The van der Waals surface area contributed by atoms with Crippen LogP contribution in [0.1, 0.15) is 36.2 Å². The summed E-state index contributed by atoms with van der Waals surface area (Å²) in [5.41, 5.74) is 7.21. The Kier molecular flexibility index (Phi) is 3.69. The van der Waals surface area contributed by atoms with E-state index in [0.29, 0.717) is 30.7 Å². The molecule has 1 saturated carbocycles. The molecule has 0 aliphatic heterocycles. The molecular formula is C15H19N3O2. The molecule has 20 heavy (non-hydrogen) atoms. The third kappa shape index (κ3) is 3.17. The molecule has 0 amide bonds. The van der Waals surface area contributed by atoms with Gasteiger partial charge in [0.2, 0.25) is 5.89 Å². The van der Waals surface area contributed by atoms with Gasteiger partial charge in [0.25, 0.3) is 0 Å². The third-order valence-electron chi connectivity index (χ3n) is 3.49. The van der Waals surface area contributed by atoms with E-state index < -0.39 is 0 Å². The summed E-state index contributed by atoms with van der Waals surface area (Å²) in [6.07, 6.45) is 2.93. The normalized spacial score (nSPS) is 16.1. The Balaban J connectivity index is 1.51.